The third-order valence-corrected chi connectivity index (χ3v) is 3.73. The molecule has 6 heteroatoms. The molecule has 1 aliphatic carbocycles. The molecule has 0 amide bonds. The van der Waals surface area contributed by atoms with Crippen LogP contribution in [0.4, 0.5) is 5.69 Å². The van der Waals surface area contributed by atoms with Crippen molar-refractivity contribution in [1.29, 1.82) is 0 Å². The summed E-state index contributed by atoms with van der Waals surface area (Å²) in [7, 11) is 0. The lowest BCUT2D eigenvalue weighted by Gasteiger charge is -2.31. The summed E-state index contributed by atoms with van der Waals surface area (Å²) in [4.78, 5) is 26.9. The quantitative estimate of drug-likeness (QED) is 0.466. The first-order valence-corrected chi connectivity index (χ1v) is 6.68. The average molecular weight is 265 g/mol. The van der Waals surface area contributed by atoms with E-state index in [2.05, 4.69) is 9.88 Å². The van der Waals surface area contributed by atoms with Crippen LogP contribution < -0.4 is 0 Å². The van der Waals surface area contributed by atoms with Gasteiger partial charge in [-0.1, -0.05) is 13.3 Å². The Bertz CT molecular complexity index is 465. The van der Waals surface area contributed by atoms with Crippen molar-refractivity contribution in [2.45, 2.75) is 26.2 Å². The molecule has 2 rings (SSSR count). The van der Waals surface area contributed by atoms with Crippen LogP contribution in [-0.2, 0) is 0 Å². The van der Waals surface area contributed by atoms with Crippen molar-refractivity contribution >= 4 is 11.5 Å². The lowest BCUT2D eigenvalue weighted by Crippen LogP contribution is -2.36. The predicted molar refractivity (Wildman–Crippen MR) is 71.2 cm³/mol. The molecule has 1 saturated carbocycles. The second kappa shape index (κ2) is 5.97. The van der Waals surface area contributed by atoms with Gasteiger partial charge in [-0.3, -0.25) is 19.8 Å². The summed E-state index contributed by atoms with van der Waals surface area (Å²) in [6.45, 7) is 4.13. The largest absolute Gasteiger partial charge is 0.353 e. The number of nitrogens with zero attached hydrogens (tertiary/aromatic N) is 2. The SMILES string of the molecule is CCN(CC(=O)c1cc([N+](=O)[O-])c[nH]1)CC1CCC1. The van der Waals surface area contributed by atoms with Crippen molar-refractivity contribution in [3.63, 3.8) is 0 Å². The van der Waals surface area contributed by atoms with E-state index in [-0.39, 0.29) is 11.5 Å². The standard InChI is InChI=1S/C13H19N3O3/c1-2-15(8-10-4-3-5-10)9-13(17)12-6-11(7-14-12)16(18)19/h6-7,10,14H,2-5,8-9H2,1H3. The fourth-order valence-corrected chi connectivity index (χ4v) is 2.28. The molecule has 0 unspecified atom stereocenters. The summed E-state index contributed by atoms with van der Waals surface area (Å²) < 4.78 is 0. The fourth-order valence-electron chi connectivity index (χ4n) is 2.28. The van der Waals surface area contributed by atoms with Gasteiger partial charge in [0, 0.05) is 12.6 Å². The summed E-state index contributed by atoms with van der Waals surface area (Å²) in [6.07, 6.45) is 5.05. The van der Waals surface area contributed by atoms with Gasteiger partial charge < -0.3 is 4.98 Å². The van der Waals surface area contributed by atoms with Crippen molar-refractivity contribution in [3.05, 3.63) is 28.1 Å². The van der Waals surface area contributed by atoms with Gasteiger partial charge in [0.15, 0.2) is 5.78 Å². The number of Topliss-reactive ketones (excluding diaryl/α,β-unsaturated/α-hetero) is 1. The molecule has 1 aliphatic rings. The monoisotopic (exact) mass is 265 g/mol. The normalized spacial score (nSPS) is 15.5. The molecular formula is C13H19N3O3. The Hall–Kier alpha value is -1.69. The fraction of sp³-hybridized carbons (Fsp3) is 0.615. The molecule has 0 radical (unpaired) electrons. The Morgan fingerprint density at radius 1 is 1.58 bits per heavy atom. The van der Waals surface area contributed by atoms with Gasteiger partial charge in [-0.2, -0.15) is 0 Å². The second-order valence-corrected chi connectivity index (χ2v) is 5.08. The molecular weight excluding hydrogens is 246 g/mol. The number of nitro groups is 1. The number of carbonyl (C=O) groups excluding carboxylic acids is 1. The topological polar surface area (TPSA) is 79.2 Å². The first-order chi connectivity index (χ1) is 9.10. The third-order valence-electron chi connectivity index (χ3n) is 3.73. The van der Waals surface area contributed by atoms with Gasteiger partial charge in [0.25, 0.3) is 5.69 Å². The highest BCUT2D eigenvalue weighted by molar-refractivity contribution is 5.96. The van der Waals surface area contributed by atoms with Crippen molar-refractivity contribution < 1.29 is 9.72 Å². The number of aromatic nitrogens is 1. The molecule has 1 fully saturated rings. The number of aromatic amines is 1. The highest BCUT2D eigenvalue weighted by atomic mass is 16.6. The Morgan fingerprint density at radius 2 is 2.32 bits per heavy atom. The minimum absolute atomic E-state index is 0.0645. The zero-order valence-corrected chi connectivity index (χ0v) is 11.1. The molecule has 1 heterocycles. The van der Waals surface area contributed by atoms with Gasteiger partial charge in [0.05, 0.1) is 23.4 Å². The molecule has 104 valence electrons. The summed E-state index contributed by atoms with van der Waals surface area (Å²) in [6, 6.07) is 1.31. The van der Waals surface area contributed by atoms with E-state index in [1.165, 1.54) is 31.5 Å². The number of H-pyrrole nitrogens is 1. The Morgan fingerprint density at radius 3 is 2.79 bits per heavy atom. The van der Waals surface area contributed by atoms with E-state index in [1.54, 1.807) is 0 Å². The maximum Gasteiger partial charge on any atom is 0.287 e. The van der Waals surface area contributed by atoms with Crippen LogP contribution in [-0.4, -0.2) is 40.2 Å². The van der Waals surface area contributed by atoms with E-state index in [9.17, 15) is 14.9 Å². The maximum atomic E-state index is 12.0. The summed E-state index contributed by atoms with van der Waals surface area (Å²) in [5, 5.41) is 10.6. The number of rotatable bonds is 7. The van der Waals surface area contributed by atoms with Gasteiger partial charge in [0.1, 0.15) is 0 Å². The van der Waals surface area contributed by atoms with E-state index in [0.29, 0.717) is 18.2 Å². The second-order valence-electron chi connectivity index (χ2n) is 5.08. The van der Waals surface area contributed by atoms with Crippen LogP contribution >= 0.6 is 0 Å². The van der Waals surface area contributed by atoms with E-state index in [0.717, 1.165) is 13.1 Å². The van der Waals surface area contributed by atoms with Gasteiger partial charge in [-0.25, -0.2) is 0 Å². The summed E-state index contributed by atoms with van der Waals surface area (Å²) in [5.74, 6) is 0.625. The van der Waals surface area contributed by atoms with E-state index >= 15 is 0 Å². The van der Waals surface area contributed by atoms with Crippen LogP contribution in [0.3, 0.4) is 0 Å². The Labute approximate surface area is 111 Å². The highest BCUT2D eigenvalue weighted by Gasteiger charge is 2.22. The zero-order valence-electron chi connectivity index (χ0n) is 11.1. The number of hydrogen-bond donors (Lipinski definition) is 1. The minimum atomic E-state index is -0.501. The third kappa shape index (κ3) is 3.41. The van der Waals surface area contributed by atoms with Crippen LogP contribution in [0.1, 0.15) is 36.7 Å². The first kappa shape index (κ1) is 13.7. The first-order valence-electron chi connectivity index (χ1n) is 6.68. The zero-order chi connectivity index (χ0) is 13.8. The Balaban J connectivity index is 1.91. The van der Waals surface area contributed by atoms with Crippen molar-refractivity contribution in [2.75, 3.05) is 19.6 Å². The summed E-state index contributed by atoms with van der Waals surface area (Å²) >= 11 is 0. The molecule has 0 saturated heterocycles. The number of nitrogens with one attached hydrogen (secondary N) is 1. The van der Waals surface area contributed by atoms with Gasteiger partial charge in [-0.15, -0.1) is 0 Å². The number of carbonyl (C=O) groups is 1. The molecule has 0 atom stereocenters. The van der Waals surface area contributed by atoms with Crippen LogP contribution in [0.15, 0.2) is 12.3 Å². The number of likely N-dealkylation sites (N-methyl/N-ethyl adjacent to an activating group) is 1. The van der Waals surface area contributed by atoms with Crippen LogP contribution in [0.25, 0.3) is 0 Å². The molecule has 0 spiro atoms. The minimum Gasteiger partial charge on any atom is -0.353 e. The van der Waals surface area contributed by atoms with Crippen LogP contribution in [0.2, 0.25) is 0 Å². The smallest absolute Gasteiger partial charge is 0.287 e. The average Bonchev–Trinajstić information content (AvgIpc) is 2.81. The summed E-state index contributed by atoms with van der Waals surface area (Å²) in [5.41, 5.74) is 0.254. The molecule has 1 aromatic rings. The molecule has 6 nitrogen and oxygen atoms in total. The maximum absolute atomic E-state index is 12.0. The van der Waals surface area contributed by atoms with Crippen molar-refractivity contribution in [3.8, 4) is 0 Å². The van der Waals surface area contributed by atoms with E-state index in [4.69, 9.17) is 0 Å². The van der Waals surface area contributed by atoms with E-state index < -0.39 is 4.92 Å². The van der Waals surface area contributed by atoms with Crippen molar-refractivity contribution in [2.24, 2.45) is 5.92 Å². The van der Waals surface area contributed by atoms with E-state index in [1.807, 2.05) is 6.92 Å². The highest BCUT2D eigenvalue weighted by Crippen LogP contribution is 2.27. The lowest BCUT2D eigenvalue weighted by molar-refractivity contribution is -0.384. The lowest BCUT2D eigenvalue weighted by atomic mass is 9.85. The van der Waals surface area contributed by atoms with Gasteiger partial charge in [0.2, 0.25) is 0 Å². The molecule has 0 aromatic carbocycles. The molecule has 1 N–H and O–H groups in total. The number of hydrogen-bond acceptors (Lipinski definition) is 4. The van der Waals surface area contributed by atoms with Crippen molar-refractivity contribution in [1.82, 2.24) is 9.88 Å². The molecule has 0 bridgehead atoms. The van der Waals surface area contributed by atoms with Crippen LogP contribution in [0.5, 0.6) is 0 Å². The molecule has 19 heavy (non-hydrogen) atoms. The molecule has 1 aromatic heterocycles. The van der Waals surface area contributed by atoms with Gasteiger partial charge in [-0.05, 0) is 25.3 Å². The van der Waals surface area contributed by atoms with Crippen LogP contribution in [0, 0.1) is 16.0 Å². The Kier molecular flexibility index (Phi) is 4.31. The molecule has 0 aliphatic heterocycles. The van der Waals surface area contributed by atoms with Gasteiger partial charge >= 0.3 is 0 Å². The predicted octanol–water partition coefficient (Wildman–Crippen LogP) is 2.23. The number of ketones is 1.